The number of carbonyl (C=O) groups is 2. The minimum Gasteiger partial charge on any atom is -0.341 e. The van der Waals surface area contributed by atoms with E-state index >= 15 is 0 Å². The lowest BCUT2D eigenvalue weighted by Crippen LogP contribution is -2.53. The molecule has 0 aliphatic carbocycles. The van der Waals surface area contributed by atoms with Gasteiger partial charge in [-0.3, -0.25) is 14.6 Å². The Morgan fingerprint density at radius 1 is 1.02 bits per heavy atom. The monoisotopic (exact) mass is 567 g/mol. The lowest BCUT2D eigenvalue weighted by Gasteiger charge is -2.34. The number of nitrogens with zero attached hydrogens (tertiary/aromatic N) is 6. The van der Waals surface area contributed by atoms with Crippen LogP contribution >= 0.6 is 11.6 Å². The van der Waals surface area contributed by atoms with Crippen LogP contribution in [0, 0.1) is 5.92 Å². The maximum atomic E-state index is 13.2. The summed E-state index contributed by atoms with van der Waals surface area (Å²) < 4.78 is 1.73. The molecule has 1 N–H and O–H groups in total. The van der Waals surface area contributed by atoms with Crippen molar-refractivity contribution < 1.29 is 9.59 Å². The Balaban J connectivity index is 1.23. The summed E-state index contributed by atoms with van der Waals surface area (Å²) in [4.78, 5) is 41.1. The molecule has 1 aliphatic rings. The van der Waals surface area contributed by atoms with Gasteiger partial charge >= 0.3 is 0 Å². The quantitative estimate of drug-likeness (QED) is 0.284. The maximum Gasteiger partial charge on any atom is 0.253 e. The number of carbonyl (C=O) groups excluding carboxylic acids is 2. The normalized spacial score (nSPS) is 13.9. The Kier molecular flexibility index (Phi) is 7.36. The number of imidazole rings is 1. The highest BCUT2D eigenvalue weighted by molar-refractivity contribution is 6.34. The molecule has 0 saturated carbocycles. The van der Waals surface area contributed by atoms with Gasteiger partial charge in [0.2, 0.25) is 5.91 Å². The molecular formula is C31H30ClN7O2. The van der Waals surface area contributed by atoms with Crippen molar-refractivity contribution >= 4 is 40.1 Å². The molecular weight excluding hydrogens is 538 g/mol. The molecule has 1 unspecified atom stereocenters. The molecule has 0 bridgehead atoms. The number of rotatable bonds is 8. The Bertz CT molecular complexity index is 1760. The summed E-state index contributed by atoms with van der Waals surface area (Å²) in [7, 11) is 0. The van der Waals surface area contributed by atoms with Gasteiger partial charge in [0.15, 0.2) is 0 Å². The zero-order chi connectivity index (χ0) is 28.5. The van der Waals surface area contributed by atoms with E-state index in [2.05, 4.69) is 32.4 Å². The standard InChI is InChI=1S/C31H30ClN7O2/c1-19(2)13-27(30(41)38-11-4-12-38)36-29(40)24-8-7-22(16-25(24)32)28-18-35-31-34-17-23(39(31)37-28)15-20-6-9-26-21(14-20)5-3-10-33-26/h3,5-10,14,16-19,27H,4,11-13,15H2,1-2H3,(H,36,40). The molecule has 1 atom stereocenters. The fourth-order valence-corrected chi connectivity index (χ4v) is 5.33. The highest BCUT2D eigenvalue weighted by Crippen LogP contribution is 2.25. The van der Waals surface area contributed by atoms with Crippen LogP contribution in [-0.4, -0.2) is 60.4 Å². The van der Waals surface area contributed by atoms with E-state index < -0.39 is 6.04 Å². The summed E-state index contributed by atoms with van der Waals surface area (Å²) in [5.74, 6) is 0.343. The van der Waals surface area contributed by atoms with Crippen LogP contribution in [0.25, 0.3) is 27.9 Å². The molecule has 5 aromatic rings. The van der Waals surface area contributed by atoms with Crippen molar-refractivity contribution in [3.63, 3.8) is 0 Å². The topological polar surface area (TPSA) is 105 Å². The van der Waals surface area contributed by atoms with E-state index in [1.54, 1.807) is 46.2 Å². The average molecular weight is 568 g/mol. The second kappa shape index (κ2) is 11.2. The van der Waals surface area contributed by atoms with E-state index in [9.17, 15) is 9.59 Å². The number of amides is 2. The third-order valence-corrected chi connectivity index (χ3v) is 7.65. The van der Waals surface area contributed by atoms with Crippen LogP contribution < -0.4 is 5.32 Å². The molecule has 6 rings (SSSR count). The number of nitrogens with one attached hydrogen (secondary N) is 1. The number of pyridine rings is 1. The van der Waals surface area contributed by atoms with Crippen molar-refractivity contribution in [3.8, 4) is 11.3 Å². The van der Waals surface area contributed by atoms with E-state index in [0.717, 1.165) is 41.7 Å². The second-order valence-corrected chi connectivity index (χ2v) is 11.2. The minimum atomic E-state index is -0.578. The van der Waals surface area contributed by atoms with Gasteiger partial charge in [0.25, 0.3) is 11.7 Å². The van der Waals surface area contributed by atoms with Crippen LogP contribution in [-0.2, 0) is 11.2 Å². The van der Waals surface area contributed by atoms with E-state index in [1.807, 2.05) is 32.0 Å². The van der Waals surface area contributed by atoms with Crippen LogP contribution in [0.1, 0.15) is 48.3 Å². The number of hydrogen-bond acceptors (Lipinski definition) is 6. The van der Waals surface area contributed by atoms with Gasteiger partial charge in [0.1, 0.15) is 11.7 Å². The van der Waals surface area contributed by atoms with Crippen LogP contribution in [0.15, 0.2) is 67.1 Å². The third kappa shape index (κ3) is 5.63. The molecule has 4 heterocycles. The largest absolute Gasteiger partial charge is 0.341 e. The average Bonchev–Trinajstić information content (AvgIpc) is 3.33. The van der Waals surface area contributed by atoms with Crippen molar-refractivity contribution in [2.75, 3.05) is 13.1 Å². The van der Waals surface area contributed by atoms with Crippen molar-refractivity contribution in [2.24, 2.45) is 5.92 Å². The summed E-state index contributed by atoms with van der Waals surface area (Å²) >= 11 is 6.60. The minimum absolute atomic E-state index is 0.0360. The highest BCUT2D eigenvalue weighted by Gasteiger charge is 2.30. The smallest absolute Gasteiger partial charge is 0.253 e. The molecule has 1 saturated heterocycles. The summed E-state index contributed by atoms with van der Waals surface area (Å²) in [6.45, 7) is 5.55. The van der Waals surface area contributed by atoms with Gasteiger partial charge in [-0.05, 0) is 54.7 Å². The predicted molar refractivity (Wildman–Crippen MR) is 158 cm³/mol. The second-order valence-electron chi connectivity index (χ2n) is 10.8. The number of likely N-dealkylation sites (tertiary alicyclic amines) is 1. The van der Waals surface area contributed by atoms with Gasteiger partial charge in [-0.1, -0.05) is 43.6 Å². The molecule has 3 aromatic heterocycles. The molecule has 0 radical (unpaired) electrons. The first-order valence-electron chi connectivity index (χ1n) is 13.8. The Hall–Kier alpha value is -4.37. The first-order chi connectivity index (χ1) is 19.9. The van der Waals surface area contributed by atoms with Crippen LogP contribution in [0.4, 0.5) is 0 Å². The fraction of sp³-hybridized carbons (Fsp3) is 0.290. The van der Waals surface area contributed by atoms with E-state index in [0.29, 0.717) is 35.4 Å². The fourth-order valence-electron chi connectivity index (χ4n) is 5.06. The molecule has 0 spiro atoms. The van der Waals surface area contributed by atoms with E-state index in [4.69, 9.17) is 16.7 Å². The molecule has 1 aliphatic heterocycles. The number of aromatic nitrogens is 5. The van der Waals surface area contributed by atoms with Crippen molar-refractivity contribution in [1.82, 2.24) is 34.8 Å². The molecule has 208 valence electrons. The zero-order valence-electron chi connectivity index (χ0n) is 22.9. The molecule has 41 heavy (non-hydrogen) atoms. The van der Waals surface area contributed by atoms with Crippen LogP contribution in [0.5, 0.6) is 0 Å². The highest BCUT2D eigenvalue weighted by atomic mass is 35.5. The first kappa shape index (κ1) is 26.8. The summed E-state index contributed by atoms with van der Waals surface area (Å²) in [5, 5.41) is 9.06. The molecule has 9 nitrogen and oxygen atoms in total. The number of halogens is 1. The summed E-state index contributed by atoms with van der Waals surface area (Å²) in [5.41, 5.74) is 4.57. The first-order valence-corrected chi connectivity index (χ1v) is 14.2. The lowest BCUT2D eigenvalue weighted by atomic mass is 10.0. The summed E-state index contributed by atoms with van der Waals surface area (Å²) in [6.07, 6.45) is 7.39. The number of hydrogen-bond donors (Lipinski definition) is 1. The SMILES string of the molecule is CC(C)CC(NC(=O)c1ccc(-c2cnc3ncc(Cc4ccc5ncccc5c4)n3n2)cc1Cl)C(=O)N1CCC1. The molecule has 1 fully saturated rings. The number of benzene rings is 2. The van der Waals surface area contributed by atoms with Crippen molar-refractivity contribution in [3.05, 3.63) is 89.0 Å². The van der Waals surface area contributed by atoms with Crippen LogP contribution in [0.3, 0.4) is 0 Å². The van der Waals surface area contributed by atoms with Gasteiger partial charge in [0, 0.05) is 36.7 Å². The van der Waals surface area contributed by atoms with Gasteiger partial charge in [-0.2, -0.15) is 5.10 Å². The predicted octanol–water partition coefficient (Wildman–Crippen LogP) is 4.96. The van der Waals surface area contributed by atoms with Gasteiger partial charge in [-0.15, -0.1) is 0 Å². The molecule has 2 aromatic carbocycles. The van der Waals surface area contributed by atoms with Gasteiger partial charge in [-0.25, -0.2) is 14.5 Å². The third-order valence-electron chi connectivity index (χ3n) is 7.34. The van der Waals surface area contributed by atoms with Gasteiger partial charge in [0.05, 0.1) is 34.2 Å². The van der Waals surface area contributed by atoms with E-state index in [1.165, 1.54) is 0 Å². The molecule has 10 heteroatoms. The van der Waals surface area contributed by atoms with Crippen molar-refractivity contribution in [2.45, 2.75) is 39.2 Å². The summed E-state index contributed by atoms with van der Waals surface area (Å²) in [6, 6.07) is 14.7. The maximum absolute atomic E-state index is 13.2. The van der Waals surface area contributed by atoms with Crippen molar-refractivity contribution in [1.29, 1.82) is 0 Å². The Morgan fingerprint density at radius 3 is 2.61 bits per heavy atom. The van der Waals surface area contributed by atoms with E-state index in [-0.39, 0.29) is 22.8 Å². The zero-order valence-corrected chi connectivity index (χ0v) is 23.7. The van der Waals surface area contributed by atoms with Crippen LogP contribution in [0.2, 0.25) is 5.02 Å². The lowest BCUT2D eigenvalue weighted by molar-refractivity contribution is -0.137. The molecule has 2 amide bonds. The Morgan fingerprint density at radius 2 is 1.85 bits per heavy atom. The van der Waals surface area contributed by atoms with Gasteiger partial charge < -0.3 is 10.2 Å². The number of fused-ring (bicyclic) bond motifs is 2. The Labute approximate surface area is 242 Å².